The van der Waals surface area contributed by atoms with E-state index in [0.717, 1.165) is 68.5 Å². The van der Waals surface area contributed by atoms with Crippen LogP contribution in [-0.4, -0.2) is 4.57 Å². The van der Waals surface area contributed by atoms with E-state index in [2.05, 4.69) is 252 Å². The average Bonchev–Trinajstić information content (AvgIpc) is 3.98. The highest BCUT2D eigenvalue weighted by molar-refractivity contribution is 6.09. The number of allylic oxidation sites excluding steroid dienone is 1. The normalized spacial score (nSPS) is 12.2. The van der Waals surface area contributed by atoms with Gasteiger partial charge in [-0.15, -0.1) is 0 Å². The maximum Gasteiger partial charge on any atom is 0.143 e. The maximum absolute atomic E-state index is 6.47. The molecule has 0 aliphatic heterocycles. The Morgan fingerprint density at radius 2 is 0.913 bits per heavy atom. The number of fused-ring (bicyclic) bond motifs is 6. The van der Waals surface area contributed by atoms with Crippen molar-refractivity contribution in [1.29, 1.82) is 0 Å². The number of para-hydroxylation sites is 3. The van der Waals surface area contributed by atoms with Crippen molar-refractivity contribution in [1.82, 2.24) is 4.57 Å². The number of benzene rings is 10. The molecule has 3 heteroatoms. The summed E-state index contributed by atoms with van der Waals surface area (Å²) >= 11 is 0. The van der Waals surface area contributed by atoms with Crippen LogP contribution in [0.4, 0.5) is 17.1 Å². The van der Waals surface area contributed by atoms with Crippen LogP contribution in [0.3, 0.4) is 0 Å². The van der Waals surface area contributed by atoms with Crippen LogP contribution in [-0.2, 0) is 6.42 Å². The van der Waals surface area contributed by atoms with E-state index >= 15 is 0 Å². The van der Waals surface area contributed by atoms with Crippen LogP contribution in [0.25, 0.3) is 100 Å². The lowest BCUT2D eigenvalue weighted by Crippen LogP contribution is -2.09. The number of furan rings is 1. The first-order valence-electron chi connectivity index (χ1n) is 23.9. The monoisotopic (exact) mass is 882 g/mol. The van der Waals surface area contributed by atoms with Gasteiger partial charge in [0.2, 0.25) is 0 Å². The minimum atomic E-state index is 0.902. The fourth-order valence-corrected chi connectivity index (χ4v) is 10.6. The average molecular weight is 883 g/mol. The first-order valence-corrected chi connectivity index (χ1v) is 23.9. The summed E-state index contributed by atoms with van der Waals surface area (Å²) in [7, 11) is 0. The molecular weight excluding hydrogens is 837 g/mol. The minimum Gasteiger partial charge on any atom is -0.455 e. The highest BCUT2D eigenvalue weighted by atomic mass is 16.3. The van der Waals surface area contributed by atoms with Crippen LogP contribution in [0, 0.1) is 0 Å². The van der Waals surface area contributed by atoms with E-state index in [0.29, 0.717) is 0 Å². The fourth-order valence-electron chi connectivity index (χ4n) is 10.6. The zero-order chi connectivity index (χ0) is 45.7. The Kier molecular flexibility index (Phi) is 9.98. The molecule has 1 aliphatic carbocycles. The van der Waals surface area contributed by atoms with E-state index in [1.165, 1.54) is 66.8 Å². The molecule has 326 valence electrons. The van der Waals surface area contributed by atoms with Crippen molar-refractivity contribution in [3.8, 4) is 61.3 Å². The van der Waals surface area contributed by atoms with Gasteiger partial charge in [0.25, 0.3) is 0 Å². The van der Waals surface area contributed by atoms with Crippen LogP contribution in [0.1, 0.15) is 17.7 Å². The Balaban J connectivity index is 0.879. The van der Waals surface area contributed by atoms with Crippen molar-refractivity contribution in [3.05, 3.63) is 260 Å². The molecular formula is C66H46N2O. The first kappa shape index (κ1) is 40.4. The molecule has 0 amide bonds. The van der Waals surface area contributed by atoms with Crippen molar-refractivity contribution >= 4 is 56.0 Å². The summed E-state index contributed by atoms with van der Waals surface area (Å²) < 4.78 is 8.94. The lowest BCUT2D eigenvalue weighted by Gasteiger charge is -2.26. The predicted molar refractivity (Wildman–Crippen MR) is 290 cm³/mol. The minimum absolute atomic E-state index is 0.902. The van der Waals surface area contributed by atoms with Gasteiger partial charge in [0, 0.05) is 55.7 Å². The van der Waals surface area contributed by atoms with Crippen molar-refractivity contribution in [2.45, 2.75) is 12.8 Å². The first-order chi connectivity index (χ1) is 34.2. The van der Waals surface area contributed by atoms with Gasteiger partial charge in [-0.05, 0) is 130 Å². The number of anilines is 3. The van der Waals surface area contributed by atoms with Crippen molar-refractivity contribution in [2.24, 2.45) is 0 Å². The second-order valence-electron chi connectivity index (χ2n) is 18.0. The fraction of sp³-hybridized carbons (Fsp3) is 0.0303. The predicted octanol–water partition coefficient (Wildman–Crippen LogP) is 18.3. The second-order valence-corrected chi connectivity index (χ2v) is 18.0. The zero-order valence-corrected chi connectivity index (χ0v) is 38.0. The largest absolute Gasteiger partial charge is 0.455 e. The molecule has 0 saturated carbocycles. The Hall–Kier alpha value is -8.92. The third kappa shape index (κ3) is 7.24. The summed E-state index contributed by atoms with van der Waals surface area (Å²) in [4.78, 5) is 2.36. The summed E-state index contributed by atoms with van der Waals surface area (Å²) in [5, 5.41) is 3.57. The van der Waals surface area contributed by atoms with Gasteiger partial charge in [0.05, 0.1) is 5.52 Å². The molecule has 2 aromatic heterocycles. The van der Waals surface area contributed by atoms with Crippen LogP contribution < -0.4 is 4.90 Å². The molecule has 0 radical (unpaired) electrons. The molecule has 0 bridgehead atoms. The van der Waals surface area contributed by atoms with E-state index in [1.54, 1.807) is 0 Å². The van der Waals surface area contributed by atoms with Crippen molar-refractivity contribution in [3.63, 3.8) is 0 Å². The molecule has 0 fully saturated rings. The summed E-state index contributed by atoms with van der Waals surface area (Å²) in [6.45, 7) is 0. The van der Waals surface area contributed by atoms with Gasteiger partial charge in [-0.1, -0.05) is 188 Å². The van der Waals surface area contributed by atoms with Gasteiger partial charge < -0.3 is 13.9 Å². The van der Waals surface area contributed by atoms with Gasteiger partial charge >= 0.3 is 0 Å². The van der Waals surface area contributed by atoms with E-state index in [-0.39, 0.29) is 0 Å². The third-order valence-corrected chi connectivity index (χ3v) is 13.9. The summed E-state index contributed by atoms with van der Waals surface area (Å²) in [6, 6.07) is 87.7. The SMILES string of the molecule is C1=Cc2c(n(-c3cccc(-c4ccc(N(c5ccc(-c6ccc(-c7ccccc7)c(-c7ccccc7)c6)cc5)c5ccc(-c6cccc7c6oc6ccccc67)cc5)cc4)c3)c3ccccc23)CC1. The molecule has 13 rings (SSSR count). The molecule has 2 heterocycles. The second kappa shape index (κ2) is 17.1. The van der Waals surface area contributed by atoms with Crippen molar-refractivity contribution in [2.75, 3.05) is 4.90 Å². The Bertz CT molecular complexity index is 3860. The number of nitrogens with zero attached hydrogens (tertiary/aromatic N) is 2. The third-order valence-electron chi connectivity index (χ3n) is 13.9. The molecule has 1 aliphatic rings. The molecule has 3 nitrogen and oxygen atoms in total. The number of hydrogen-bond acceptors (Lipinski definition) is 2. The lowest BCUT2D eigenvalue weighted by molar-refractivity contribution is 0.670. The Labute approximate surface area is 402 Å². The Morgan fingerprint density at radius 3 is 1.62 bits per heavy atom. The van der Waals surface area contributed by atoms with E-state index in [9.17, 15) is 0 Å². The molecule has 0 unspecified atom stereocenters. The van der Waals surface area contributed by atoms with Gasteiger partial charge in [0.1, 0.15) is 11.2 Å². The van der Waals surface area contributed by atoms with Crippen LogP contribution in [0.2, 0.25) is 0 Å². The van der Waals surface area contributed by atoms with E-state index in [4.69, 9.17) is 4.42 Å². The molecule has 0 N–H and O–H groups in total. The highest BCUT2D eigenvalue weighted by Gasteiger charge is 2.20. The zero-order valence-electron chi connectivity index (χ0n) is 38.0. The van der Waals surface area contributed by atoms with Crippen LogP contribution >= 0.6 is 0 Å². The summed E-state index contributed by atoms with van der Waals surface area (Å²) in [5.41, 5.74) is 21.9. The summed E-state index contributed by atoms with van der Waals surface area (Å²) in [6.07, 6.45) is 6.69. The van der Waals surface area contributed by atoms with E-state index in [1.807, 2.05) is 12.1 Å². The van der Waals surface area contributed by atoms with Gasteiger partial charge in [0.15, 0.2) is 0 Å². The van der Waals surface area contributed by atoms with Crippen molar-refractivity contribution < 1.29 is 4.42 Å². The smallest absolute Gasteiger partial charge is 0.143 e. The van der Waals surface area contributed by atoms with Crippen LogP contribution in [0.5, 0.6) is 0 Å². The van der Waals surface area contributed by atoms with Gasteiger partial charge in [-0.25, -0.2) is 0 Å². The Morgan fingerprint density at radius 1 is 0.377 bits per heavy atom. The standard InChI is InChI=1S/C66H46N2O/c1-3-15-47(16-4-1)56-42-35-51(44-62(56)48-17-5-2-6-18-48)46-31-38-53(39-32-46)67(54-40-33-49(34-41-54)57-24-14-25-61-60-23-9-12-28-65(60)69-66(57)61)52-36-29-45(30-37-52)50-19-13-20-55(43-50)68-63-26-10-7-21-58(63)59-22-8-11-27-64(59)68/h1-10,12-26,28-44H,11,27H2. The summed E-state index contributed by atoms with van der Waals surface area (Å²) in [5.74, 6) is 0. The number of aromatic nitrogens is 1. The number of rotatable bonds is 9. The molecule has 69 heavy (non-hydrogen) atoms. The molecule has 0 spiro atoms. The molecule has 0 atom stereocenters. The molecule has 10 aromatic carbocycles. The quantitative estimate of drug-likeness (QED) is 0.144. The maximum atomic E-state index is 6.47. The van der Waals surface area contributed by atoms with Gasteiger partial charge in [-0.2, -0.15) is 0 Å². The number of hydrogen-bond donors (Lipinski definition) is 0. The highest BCUT2D eigenvalue weighted by Crippen LogP contribution is 2.42. The van der Waals surface area contributed by atoms with Crippen LogP contribution in [0.15, 0.2) is 253 Å². The topological polar surface area (TPSA) is 21.3 Å². The molecule has 12 aromatic rings. The molecule has 0 saturated heterocycles. The lowest BCUT2D eigenvalue weighted by atomic mass is 9.91. The van der Waals surface area contributed by atoms with E-state index < -0.39 is 0 Å². The van der Waals surface area contributed by atoms with Gasteiger partial charge in [-0.3, -0.25) is 0 Å².